The molecule has 2 aromatic carbocycles. The maximum absolute atomic E-state index is 6.49. The van der Waals surface area contributed by atoms with Crippen molar-refractivity contribution in [1.82, 2.24) is 5.32 Å². The molecule has 0 spiro atoms. The number of nitrogen functional groups attached to an aromatic ring is 1. The molecule has 28 heavy (non-hydrogen) atoms. The molecule has 2 heterocycles. The summed E-state index contributed by atoms with van der Waals surface area (Å²) in [5, 5.41) is 3.80. The van der Waals surface area contributed by atoms with Crippen LogP contribution >= 0.6 is 0 Å². The van der Waals surface area contributed by atoms with Gasteiger partial charge in [0.1, 0.15) is 11.4 Å². The normalized spacial score (nSPS) is 22.2. The second-order valence-corrected chi connectivity index (χ2v) is 8.80. The van der Waals surface area contributed by atoms with Gasteiger partial charge < -0.3 is 20.7 Å². The fourth-order valence-electron chi connectivity index (χ4n) is 4.66. The van der Waals surface area contributed by atoms with Crippen LogP contribution < -0.4 is 20.7 Å². The molecule has 0 amide bonds. The molecular formula is C24H33N3O. The third-order valence-electron chi connectivity index (χ3n) is 6.72. The van der Waals surface area contributed by atoms with Crippen molar-refractivity contribution >= 4 is 11.4 Å². The van der Waals surface area contributed by atoms with Gasteiger partial charge in [0.15, 0.2) is 0 Å². The van der Waals surface area contributed by atoms with Crippen LogP contribution in [-0.2, 0) is 6.42 Å². The molecule has 1 atom stereocenters. The van der Waals surface area contributed by atoms with E-state index in [1.54, 1.807) is 0 Å². The van der Waals surface area contributed by atoms with Gasteiger partial charge in [0.25, 0.3) is 0 Å². The molecule has 150 valence electrons. The molecule has 1 unspecified atom stereocenters. The molecular weight excluding hydrogens is 346 g/mol. The number of anilines is 2. The van der Waals surface area contributed by atoms with Gasteiger partial charge in [0.2, 0.25) is 0 Å². The minimum atomic E-state index is -0.200. The zero-order valence-electron chi connectivity index (χ0n) is 17.6. The van der Waals surface area contributed by atoms with E-state index in [4.69, 9.17) is 10.5 Å². The average Bonchev–Trinajstić information content (AvgIpc) is 3.09. The van der Waals surface area contributed by atoms with Crippen LogP contribution in [0.2, 0.25) is 0 Å². The Balaban J connectivity index is 1.36. The van der Waals surface area contributed by atoms with Gasteiger partial charge in [-0.1, -0.05) is 18.2 Å². The zero-order valence-corrected chi connectivity index (χ0v) is 17.6. The van der Waals surface area contributed by atoms with E-state index in [2.05, 4.69) is 68.2 Å². The third kappa shape index (κ3) is 3.46. The van der Waals surface area contributed by atoms with E-state index >= 15 is 0 Å². The highest BCUT2D eigenvalue weighted by molar-refractivity contribution is 5.66. The van der Waals surface area contributed by atoms with Gasteiger partial charge >= 0.3 is 0 Å². The Morgan fingerprint density at radius 2 is 1.75 bits per heavy atom. The standard InChI is InChI=1S/C24H33N3O/c1-16-17(2)23-21(18(3)22(16)25)14-24(4,28-23)15-26-19-10-12-27(13-11-19)20-8-6-5-7-9-20/h5-9,19,26H,10-15,25H2,1-4H3. The number of hydrogen-bond acceptors (Lipinski definition) is 4. The van der Waals surface area contributed by atoms with E-state index in [1.807, 2.05) is 0 Å². The number of piperidine rings is 1. The van der Waals surface area contributed by atoms with Crippen molar-refractivity contribution in [2.75, 3.05) is 30.3 Å². The number of hydrogen-bond donors (Lipinski definition) is 2. The predicted octanol–water partition coefficient (Wildman–Crippen LogP) is 4.15. The van der Waals surface area contributed by atoms with Gasteiger partial charge in [-0.15, -0.1) is 0 Å². The van der Waals surface area contributed by atoms with Crippen LogP contribution in [0.25, 0.3) is 0 Å². The van der Waals surface area contributed by atoms with Crippen LogP contribution in [0, 0.1) is 20.8 Å². The van der Waals surface area contributed by atoms with E-state index < -0.39 is 0 Å². The largest absolute Gasteiger partial charge is 0.485 e. The van der Waals surface area contributed by atoms with E-state index in [0.29, 0.717) is 6.04 Å². The van der Waals surface area contributed by atoms with Gasteiger partial charge in [0.05, 0.1) is 0 Å². The number of rotatable bonds is 4. The Bertz CT molecular complexity index is 817. The number of ether oxygens (including phenoxy) is 1. The smallest absolute Gasteiger partial charge is 0.127 e. The number of nitrogens with two attached hydrogens (primary N) is 1. The molecule has 0 saturated carbocycles. The lowest BCUT2D eigenvalue weighted by Gasteiger charge is -2.35. The molecule has 4 nitrogen and oxygen atoms in total. The summed E-state index contributed by atoms with van der Waals surface area (Å²) in [6, 6.07) is 11.3. The summed E-state index contributed by atoms with van der Waals surface area (Å²) in [6.45, 7) is 11.7. The van der Waals surface area contributed by atoms with E-state index in [9.17, 15) is 0 Å². The lowest BCUT2D eigenvalue weighted by Crippen LogP contribution is -2.49. The summed E-state index contributed by atoms with van der Waals surface area (Å²) in [7, 11) is 0. The molecule has 0 aromatic heterocycles. The highest BCUT2D eigenvalue weighted by Crippen LogP contribution is 2.43. The van der Waals surface area contributed by atoms with Crippen LogP contribution in [-0.4, -0.2) is 31.3 Å². The topological polar surface area (TPSA) is 50.5 Å². The molecule has 2 aliphatic rings. The number of para-hydroxylation sites is 1. The molecule has 3 N–H and O–H groups in total. The molecule has 1 saturated heterocycles. The molecule has 0 aliphatic carbocycles. The fourth-order valence-corrected chi connectivity index (χ4v) is 4.66. The average molecular weight is 380 g/mol. The van der Waals surface area contributed by atoms with Crippen molar-refractivity contribution in [3.05, 3.63) is 52.6 Å². The van der Waals surface area contributed by atoms with Gasteiger partial charge in [0, 0.05) is 49.0 Å². The van der Waals surface area contributed by atoms with Crippen LogP contribution in [0.3, 0.4) is 0 Å². The summed E-state index contributed by atoms with van der Waals surface area (Å²) >= 11 is 0. The van der Waals surface area contributed by atoms with Crippen molar-refractivity contribution in [2.24, 2.45) is 0 Å². The quantitative estimate of drug-likeness (QED) is 0.784. The fraction of sp³-hybridized carbons (Fsp3) is 0.500. The van der Waals surface area contributed by atoms with Crippen LogP contribution in [0.15, 0.2) is 30.3 Å². The number of fused-ring (bicyclic) bond motifs is 1. The Kier molecular flexibility index (Phi) is 5.00. The molecule has 4 rings (SSSR count). The first-order valence-corrected chi connectivity index (χ1v) is 10.5. The third-order valence-corrected chi connectivity index (χ3v) is 6.72. The Morgan fingerprint density at radius 1 is 1.07 bits per heavy atom. The van der Waals surface area contributed by atoms with Gasteiger partial charge in [-0.05, 0) is 69.4 Å². The van der Waals surface area contributed by atoms with Gasteiger partial charge in [-0.2, -0.15) is 0 Å². The maximum atomic E-state index is 6.49. The number of benzene rings is 2. The van der Waals surface area contributed by atoms with Crippen LogP contribution in [0.1, 0.15) is 42.0 Å². The number of nitrogens with one attached hydrogen (secondary N) is 1. The zero-order chi connectivity index (χ0) is 19.9. The minimum absolute atomic E-state index is 0.200. The Labute approximate surface area is 169 Å². The summed E-state index contributed by atoms with van der Waals surface area (Å²) in [6.07, 6.45) is 3.26. The highest BCUT2D eigenvalue weighted by atomic mass is 16.5. The molecule has 0 radical (unpaired) electrons. The Morgan fingerprint density at radius 3 is 2.43 bits per heavy atom. The SMILES string of the molecule is Cc1c(C)c2c(c(C)c1N)CC(C)(CNC1CCN(c3ccccc3)CC1)O2. The minimum Gasteiger partial charge on any atom is -0.485 e. The van der Waals surface area contributed by atoms with Crippen LogP contribution in [0.4, 0.5) is 11.4 Å². The van der Waals surface area contributed by atoms with Crippen LogP contribution in [0.5, 0.6) is 5.75 Å². The molecule has 4 heteroatoms. The predicted molar refractivity (Wildman–Crippen MR) is 117 cm³/mol. The summed E-state index contributed by atoms with van der Waals surface area (Å²) in [4.78, 5) is 2.49. The first-order chi connectivity index (χ1) is 13.4. The van der Waals surface area contributed by atoms with Crippen molar-refractivity contribution in [3.8, 4) is 5.75 Å². The van der Waals surface area contributed by atoms with E-state index in [1.165, 1.54) is 35.2 Å². The second-order valence-electron chi connectivity index (χ2n) is 8.80. The van der Waals surface area contributed by atoms with Crippen molar-refractivity contribution in [3.63, 3.8) is 0 Å². The lowest BCUT2D eigenvalue weighted by atomic mass is 9.91. The number of nitrogens with zero attached hydrogens (tertiary/aromatic N) is 1. The molecule has 1 fully saturated rings. The highest BCUT2D eigenvalue weighted by Gasteiger charge is 2.38. The first-order valence-electron chi connectivity index (χ1n) is 10.5. The second kappa shape index (κ2) is 7.32. The molecule has 2 aliphatic heterocycles. The molecule has 2 aromatic rings. The Hall–Kier alpha value is -2.20. The monoisotopic (exact) mass is 379 g/mol. The van der Waals surface area contributed by atoms with Crippen molar-refractivity contribution in [1.29, 1.82) is 0 Å². The van der Waals surface area contributed by atoms with E-state index in [0.717, 1.165) is 43.1 Å². The molecule has 0 bridgehead atoms. The maximum Gasteiger partial charge on any atom is 0.127 e. The van der Waals surface area contributed by atoms with E-state index in [-0.39, 0.29) is 5.60 Å². The van der Waals surface area contributed by atoms with Crippen molar-refractivity contribution < 1.29 is 4.74 Å². The lowest BCUT2D eigenvalue weighted by molar-refractivity contribution is 0.108. The van der Waals surface area contributed by atoms with Gasteiger partial charge in [-0.25, -0.2) is 0 Å². The van der Waals surface area contributed by atoms with Crippen molar-refractivity contribution in [2.45, 2.75) is 58.6 Å². The summed E-state index contributed by atoms with van der Waals surface area (Å²) in [5.41, 5.74) is 13.2. The van der Waals surface area contributed by atoms with Gasteiger partial charge in [-0.3, -0.25) is 0 Å². The summed E-state index contributed by atoms with van der Waals surface area (Å²) < 4.78 is 6.49. The summed E-state index contributed by atoms with van der Waals surface area (Å²) in [5.74, 6) is 1.06. The first kappa shape index (κ1) is 19.1.